The predicted molar refractivity (Wildman–Crippen MR) is 49.7 cm³/mol. The van der Waals surface area contributed by atoms with Gasteiger partial charge in [0.15, 0.2) is 0 Å². The Morgan fingerprint density at radius 3 is 3.00 bits per heavy atom. The van der Waals surface area contributed by atoms with Gasteiger partial charge in [-0.3, -0.25) is 0 Å². The second-order valence-electron chi connectivity index (χ2n) is 4.16. The average molecular weight is 200 g/mol. The second-order valence-corrected chi connectivity index (χ2v) is 4.16. The quantitative estimate of drug-likeness (QED) is 0.503. The number of ether oxygens (including phenoxy) is 1. The monoisotopic (exact) mass is 200 g/mol. The van der Waals surface area contributed by atoms with Gasteiger partial charge < -0.3 is 20.1 Å². The second kappa shape index (κ2) is 3.62. The van der Waals surface area contributed by atoms with Crippen LogP contribution in [0.1, 0.15) is 19.3 Å². The molecule has 4 heteroatoms. The lowest BCUT2D eigenvalue weighted by molar-refractivity contribution is -0.107. The minimum absolute atomic E-state index is 0.204. The summed E-state index contributed by atoms with van der Waals surface area (Å²) in [6.45, 7) is 0.305. The summed E-state index contributed by atoms with van der Waals surface area (Å²) in [7, 11) is 0. The Bertz CT molecular complexity index is 251. The topological polar surface area (TPSA) is 69.9 Å². The van der Waals surface area contributed by atoms with Gasteiger partial charge in [-0.1, -0.05) is 6.08 Å². The van der Waals surface area contributed by atoms with Crippen LogP contribution in [-0.4, -0.2) is 46.3 Å². The molecule has 0 bridgehead atoms. The fourth-order valence-electron chi connectivity index (χ4n) is 2.23. The summed E-state index contributed by atoms with van der Waals surface area (Å²) in [5.41, 5.74) is -0.312. The molecule has 3 atom stereocenters. The summed E-state index contributed by atoms with van der Waals surface area (Å²) >= 11 is 0. The van der Waals surface area contributed by atoms with E-state index in [4.69, 9.17) is 9.84 Å². The van der Waals surface area contributed by atoms with Crippen LogP contribution in [0.3, 0.4) is 0 Å². The molecule has 1 aliphatic carbocycles. The molecule has 0 spiro atoms. The van der Waals surface area contributed by atoms with Crippen LogP contribution in [0.4, 0.5) is 0 Å². The highest BCUT2D eigenvalue weighted by Gasteiger charge is 2.42. The van der Waals surface area contributed by atoms with Crippen LogP contribution >= 0.6 is 0 Å². The van der Waals surface area contributed by atoms with E-state index in [0.717, 1.165) is 12.0 Å². The van der Waals surface area contributed by atoms with Gasteiger partial charge in [-0.2, -0.15) is 0 Å². The smallest absolute Gasteiger partial charge is 0.0933 e. The van der Waals surface area contributed by atoms with Crippen molar-refractivity contribution in [2.45, 2.75) is 37.1 Å². The molecule has 0 aromatic carbocycles. The highest BCUT2D eigenvalue weighted by molar-refractivity contribution is 5.21. The van der Waals surface area contributed by atoms with E-state index in [-0.39, 0.29) is 19.1 Å². The Morgan fingerprint density at radius 1 is 1.50 bits per heavy atom. The van der Waals surface area contributed by atoms with Crippen LogP contribution in [-0.2, 0) is 4.74 Å². The third-order valence-electron chi connectivity index (χ3n) is 3.01. The summed E-state index contributed by atoms with van der Waals surface area (Å²) in [5.74, 6) is 0. The van der Waals surface area contributed by atoms with E-state index in [0.29, 0.717) is 13.0 Å². The lowest BCUT2D eigenvalue weighted by Crippen LogP contribution is -2.49. The molecule has 0 aromatic heterocycles. The van der Waals surface area contributed by atoms with Gasteiger partial charge in [-0.05, 0) is 12.0 Å². The van der Waals surface area contributed by atoms with Crippen molar-refractivity contribution < 1.29 is 20.1 Å². The lowest BCUT2D eigenvalue weighted by Gasteiger charge is -2.41. The maximum Gasteiger partial charge on any atom is 0.0933 e. The minimum atomic E-state index is -1.18. The van der Waals surface area contributed by atoms with Crippen molar-refractivity contribution in [1.29, 1.82) is 0 Å². The Labute approximate surface area is 82.8 Å². The Hall–Kier alpha value is -0.420. The number of hydrogen-bond acceptors (Lipinski definition) is 4. The van der Waals surface area contributed by atoms with Gasteiger partial charge in [0.1, 0.15) is 0 Å². The van der Waals surface area contributed by atoms with Crippen molar-refractivity contribution in [3.8, 4) is 0 Å². The van der Waals surface area contributed by atoms with Gasteiger partial charge in [0.2, 0.25) is 0 Å². The normalized spacial score (nSPS) is 42.9. The minimum Gasteiger partial charge on any atom is -0.393 e. The summed E-state index contributed by atoms with van der Waals surface area (Å²) < 4.78 is 5.45. The zero-order chi connectivity index (χ0) is 10.2. The van der Waals surface area contributed by atoms with Crippen molar-refractivity contribution in [1.82, 2.24) is 0 Å². The molecule has 1 aliphatic heterocycles. The molecule has 1 unspecified atom stereocenters. The number of hydrogen-bond donors (Lipinski definition) is 3. The fourth-order valence-corrected chi connectivity index (χ4v) is 2.23. The first-order valence-corrected chi connectivity index (χ1v) is 4.97. The molecular formula is C10H16O4. The molecule has 3 N–H and O–H groups in total. The summed E-state index contributed by atoms with van der Waals surface area (Å²) in [6.07, 6.45) is 2.49. The van der Waals surface area contributed by atoms with Crippen molar-refractivity contribution in [2.75, 3.05) is 13.2 Å². The van der Waals surface area contributed by atoms with E-state index >= 15 is 0 Å². The van der Waals surface area contributed by atoms with E-state index < -0.39 is 11.7 Å². The first kappa shape index (κ1) is 10.1. The van der Waals surface area contributed by atoms with Crippen molar-refractivity contribution in [3.05, 3.63) is 11.6 Å². The van der Waals surface area contributed by atoms with Gasteiger partial charge in [-0.15, -0.1) is 0 Å². The molecule has 14 heavy (non-hydrogen) atoms. The van der Waals surface area contributed by atoms with Crippen LogP contribution in [0.5, 0.6) is 0 Å². The van der Waals surface area contributed by atoms with E-state index in [9.17, 15) is 10.2 Å². The maximum absolute atomic E-state index is 9.87. The molecule has 80 valence electrons. The van der Waals surface area contributed by atoms with E-state index in [2.05, 4.69) is 0 Å². The fraction of sp³-hybridized carbons (Fsp3) is 0.800. The molecule has 0 saturated heterocycles. The van der Waals surface area contributed by atoms with Crippen LogP contribution in [0.15, 0.2) is 11.6 Å². The van der Waals surface area contributed by atoms with Crippen molar-refractivity contribution in [2.24, 2.45) is 0 Å². The first-order valence-electron chi connectivity index (χ1n) is 4.97. The molecule has 2 rings (SSSR count). The lowest BCUT2D eigenvalue weighted by atomic mass is 9.77. The summed E-state index contributed by atoms with van der Waals surface area (Å²) in [5, 5.41) is 28.6. The van der Waals surface area contributed by atoms with Gasteiger partial charge in [-0.25, -0.2) is 0 Å². The van der Waals surface area contributed by atoms with Crippen molar-refractivity contribution >= 4 is 0 Å². The van der Waals surface area contributed by atoms with Crippen LogP contribution < -0.4 is 0 Å². The van der Waals surface area contributed by atoms with Crippen molar-refractivity contribution in [3.63, 3.8) is 0 Å². The standard InChI is InChI=1S/C10H16O4/c11-6-10(13)4-8(12)7-2-1-3-14-9(7)5-10/h2,8-9,11-13H,1,3-6H2/t8?,9-,10-/m1/s1. The predicted octanol–water partition coefficient (Wildman–Crippen LogP) is -0.420. The molecular weight excluding hydrogens is 184 g/mol. The van der Waals surface area contributed by atoms with E-state index in [1.54, 1.807) is 0 Å². The Morgan fingerprint density at radius 2 is 2.29 bits per heavy atom. The zero-order valence-corrected chi connectivity index (χ0v) is 8.02. The largest absolute Gasteiger partial charge is 0.393 e. The molecule has 1 heterocycles. The molecule has 2 aliphatic rings. The molecule has 0 radical (unpaired) electrons. The van der Waals surface area contributed by atoms with Gasteiger partial charge in [0.05, 0.1) is 31.0 Å². The Kier molecular flexibility index (Phi) is 2.62. The average Bonchev–Trinajstić information content (AvgIpc) is 2.18. The molecule has 0 amide bonds. The van der Waals surface area contributed by atoms with E-state index in [1.807, 2.05) is 6.08 Å². The third kappa shape index (κ3) is 1.70. The SMILES string of the molecule is OC[C@@]1(O)CC(O)C2=CCCO[C@@H]2C1. The highest BCUT2D eigenvalue weighted by Crippen LogP contribution is 2.35. The number of rotatable bonds is 1. The Balaban J connectivity index is 2.17. The molecule has 4 nitrogen and oxygen atoms in total. The summed E-state index contributed by atoms with van der Waals surface area (Å²) in [6, 6.07) is 0. The number of aliphatic hydroxyl groups excluding tert-OH is 2. The summed E-state index contributed by atoms with van der Waals surface area (Å²) in [4.78, 5) is 0. The zero-order valence-electron chi connectivity index (χ0n) is 8.02. The first-order chi connectivity index (χ1) is 6.64. The number of fused-ring (bicyclic) bond motifs is 1. The van der Waals surface area contributed by atoms with Crippen LogP contribution in [0.25, 0.3) is 0 Å². The maximum atomic E-state index is 9.87. The van der Waals surface area contributed by atoms with Crippen LogP contribution in [0.2, 0.25) is 0 Å². The molecule has 1 saturated carbocycles. The highest BCUT2D eigenvalue weighted by atomic mass is 16.5. The van der Waals surface area contributed by atoms with Crippen LogP contribution in [0, 0.1) is 0 Å². The molecule has 1 fully saturated rings. The third-order valence-corrected chi connectivity index (χ3v) is 3.01. The van der Waals surface area contributed by atoms with Gasteiger partial charge >= 0.3 is 0 Å². The van der Waals surface area contributed by atoms with Gasteiger partial charge in [0, 0.05) is 12.8 Å². The number of aliphatic hydroxyl groups is 3. The van der Waals surface area contributed by atoms with Gasteiger partial charge in [0.25, 0.3) is 0 Å². The van der Waals surface area contributed by atoms with E-state index in [1.165, 1.54) is 0 Å². The molecule has 0 aromatic rings.